The van der Waals surface area contributed by atoms with Crippen molar-refractivity contribution in [2.24, 2.45) is 38.7 Å². The summed E-state index contributed by atoms with van der Waals surface area (Å²) in [6.45, 7) is 1.05. The summed E-state index contributed by atoms with van der Waals surface area (Å²) in [6.07, 6.45) is 2.37. The van der Waals surface area contributed by atoms with E-state index in [9.17, 15) is 14.4 Å². The predicted octanol–water partition coefficient (Wildman–Crippen LogP) is 2.33. The third-order valence-electron chi connectivity index (χ3n) is 8.74. The fourth-order valence-corrected chi connectivity index (χ4v) is 5.82. The number of carbonyl (C=O) groups is 3. The lowest BCUT2D eigenvalue weighted by Crippen LogP contribution is -2.56. The van der Waals surface area contributed by atoms with Crippen LogP contribution in [0.25, 0.3) is 22.3 Å². The van der Waals surface area contributed by atoms with E-state index in [1.165, 1.54) is 0 Å². The Hall–Kier alpha value is -6.21. The molecule has 0 aliphatic heterocycles. The van der Waals surface area contributed by atoms with E-state index in [1.807, 2.05) is 109 Å². The van der Waals surface area contributed by atoms with Crippen LogP contribution in [0.5, 0.6) is 0 Å². The summed E-state index contributed by atoms with van der Waals surface area (Å²) >= 11 is 0. The number of unbranched alkanes of at least 4 members (excludes halogenated alkanes) is 1. The average molecular weight is 733 g/mol. The van der Waals surface area contributed by atoms with Crippen LogP contribution in [0.15, 0.2) is 119 Å². The van der Waals surface area contributed by atoms with Gasteiger partial charge in [-0.15, -0.1) is 0 Å². The molecule has 13 heteroatoms. The van der Waals surface area contributed by atoms with Crippen molar-refractivity contribution in [2.75, 3.05) is 19.6 Å². The van der Waals surface area contributed by atoms with Crippen molar-refractivity contribution < 1.29 is 14.4 Å². The standard InChI is InChI=1S/C41H52N10O3/c42-34(26-28-15-19-32(20-16-28)30-10-3-1-4-11-30)37(52)50-35(14-9-25-49-41(45)46)39(54)51-36(38(53)47-23-7-8-24-48-40(43)44)27-29-17-21-33(22-18-29)31-12-5-2-6-13-31/h1-6,10-13,15-22,34-36H,7-9,14,23-27,42H2,(H,47,53)(H,50,52)(H,51,54)(H4,43,44,48)(H4,45,46,49)/t34-,35-,36-/m0/s1. The molecule has 4 aromatic carbocycles. The van der Waals surface area contributed by atoms with Crippen LogP contribution in [-0.4, -0.2) is 67.4 Å². The van der Waals surface area contributed by atoms with E-state index in [0.29, 0.717) is 32.4 Å². The van der Waals surface area contributed by atoms with Crippen molar-refractivity contribution >= 4 is 29.6 Å². The highest BCUT2D eigenvalue weighted by Crippen LogP contribution is 2.21. The topological polar surface area (TPSA) is 242 Å². The molecular weight excluding hydrogens is 681 g/mol. The highest BCUT2D eigenvalue weighted by molar-refractivity contribution is 5.93. The number of amides is 3. The van der Waals surface area contributed by atoms with Gasteiger partial charge in [0.15, 0.2) is 11.9 Å². The minimum absolute atomic E-state index is 0.0125. The van der Waals surface area contributed by atoms with Crippen molar-refractivity contribution in [1.82, 2.24) is 16.0 Å². The fraction of sp³-hybridized carbons (Fsp3) is 0.293. The number of nitrogens with two attached hydrogens (primary N) is 5. The molecule has 284 valence electrons. The van der Waals surface area contributed by atoms with E-state index < -0.39 is 29.9 Å². The first-order valence-electron chi connectivity index (χ1n) is 18.1. The van der Waals surface area contributed by atoms with Gasteiger partial charge >= 0.3 is 0 Å². The summed E-state index contributed by atoms with van der Waals surface area (Å²) in [5.74, 6) is -1.45. The van der Waals surface area contributed by atoms with E-state index in [4.69, 9.17) is 28.7 Å². The maximum atomic E-state index is 13.9. The summed E-state index contributed by atoms with van der Waals surface area (Å²) in [6, 6.07) is 32.7. The molecule has 54 heavy (non-hydrogen) atoms. The second kappa shape index (κ2) is 21.3. The van der Waals surface area contributed by atoms with Crippen LogP contribution in [0.1, 0.15) is 36.8 Å². The molecule has 4 rings (SSSR count). The molecular formula is C41H52N10O3. The Labute approximate surface area is 316 Å². The number of nitrogens with zero attached hydrogens (tertiary/aromatic N) is 2. The number of rotatable bonds is 20. The predicted molar refractivity (Wildman–Crippen MR) is 216 cm³/mol. The van der Waals surface area contributed by atoms with Gasteiger partial charge in [-0.25, -0.2) is 0 Å². The van der Waals surface area contributed by atoms with E-state index in [2.05, 4.69) is 25.9 Å². The Bertz CT molecular complexity index is 1820. The zero-order chi connectivity index (χ0) is 38.7. The Balaban J connectivity index is 1.46. The summed E-state index contributed by atoms with van der Waals surface area (Å²) in [4.78, 5) is 48.9. The molecule has 13 N–H and O–H groups in total. The monoisotopic (exact) mass is 732 g/mol. The van der Waals surface area contributed by atoms with E-state index in [0.717, 1.165) is 33.4 Å². The van der Waals surface area contributed by atoms with Crippen molar-refractivity contribution in [3.63, 3.8) is 0 Å². The van der Waals surface area contributed by atoms with Gasteiger partial charge in [0.25, 0.3) is 0 Å². The molecule has 0 bridgehead atoms. The van der Waals surface area contributed by atoms with Crippen LogP contribution in [0.3, 0.4) is 0 Å². The second-order valence-electron chi connectivity index (χ2n) is 13.0. The number of guanidine groups is 2. The van der Waals surface area contributed by atoms with E-state index >= 15 is 0 Å². The third-order valence-corrected chi connectivity index (χ3v) is 8.74. The highest BCUT2D eigenvalue weighted by Gasteiger charge is 2.28. The number of aliphatic imine (C=N–C) groups is 2. The lowest BCUT2D eigenvalue weighted by molar-refractivity contribution is -0.132. The van der Waals surface area contributed by atoms with Crippen molar-refractivity contribution in [1.29, 1.82) is 0 Å². The van der Waals surface area contributed by atoms with Gasteiger partial charge in [-0.1, -0.05) is 109 Å². The number of hydrogen-bond donors (Lipinski definition) is 8. The molecule has 3 amide bonds. The van der Waals surface area contributed by atoms with Gasteiger partial charge in [0, 0.05) is 26.1 Å². The van der Waals surface area contributed by atoms with Crippen LogP contribution < -0.4 is 44.6 Å². The summed E-state index contributed by atoms with van der Waals surface area (Å²) in [5.41, 5.74) is 34.1. The first-order valence-corrected chi connectivity index (χ1v) is 18.1. The Morgan fingerprint density at radius 1 is 0.519 bits per heavy atom. The minimum atomic E-state index is -1.01. The maximum absolute atomic E-state index is 13.9. The second-order valence-corrected chi connectivity index (χ2v) is 13.0. The minimum Gasteiger partial charge on any atom is -0.370 e. The van der Waals surface area contributed by atoms with Gasteiger partial charge in [-0.3, -0.25) is 24.4 Å². The summed E-state index contributed by atoms with van der Waals surface area (Å²) < 4.78 is 0. The van der Waals surface area contributed by atoms with Gasteiger partial charge in [0.05, 0.1) is 6.04 Å². The SMILES string of the molecule is NC(N)=NCCCCNC(=O)[C@H](Cc1ccc(-c2ccccc2)cc1)NC(=O)[C@H](CCCN=C(N)N)NC(=O)[C@@H](N)Cc1ccc(-c2ccccc2)cc1. The third kappa shape index (κ3) is 13.7. The number of hydrogen-bond acceptors (Lipinski definition) is 6. The smallest absolute Gasteiger partial charge is 0.243 e. The molecule has 0 radical (unpaired) electrons. The molecule has 0 heterocycles. The van der Waals surface area contributed by atoms with Gasteiger partial charge < -0.3 is 44.6 Å². The zero-order valence-electron chi connectivity index (χ0n) is 30.5. The lowest BCUT2D eigenvalue weighted by atomic mass is 9.99. The van der Waals surface area contributed by atoms with Crippen LogP contribution in [0.2, 0.25) is 0 Å². The molecule has 0 aromatic heterocycles. The van der Waals surface area contributed by atoms with Crippen LogP contribution in [0, 0.1) is 0 Å². The van der Waals surface area contributed by atoms with Gasteiger partial charge in [0.2, 0.25) is 17.7 Å². The van der Waals surface area contributed by atoms with Crippen molar-refractivity contribution in [2.45, 2.75) is 56.7 Å². The molecule has 0 saturated carbocycles. The molecule has 0 fully saturated rings. The Morgan fingerprint density at radius 3 is 1.50 bits per heavy atom. The first kappa shape index (κ1) is 40.6. The van der Waals surface area contributed by atoms with E-state index in [-0.39, 0.29) is 43.6 Å². The zero-order valence-corrected chi connectivity index (χ0v) is 30.5. The van der Waals surface area contributed by atoms with Crippen molar-refractivity contribution in [3.8, 4) is 22.3 Å². The number of nitrogens with one attached hydrogen (secondary N) is 3. The summed E-state index contributed by atoms with van der Waals surface area (Å²) in [7, 11) is 0. The van der Waals surface area contributed by atoms with Crippen LogP contribution in [0.4, 0.5) is 0 Å². The molecule has 4 aromatic rings. The van der Waals surface area contributed by atoms with Crippen LogP contribution >= 0.6 is 0 Å². The normalized spacial score (nSPS) is 12.4. The van der Waals surface area contributed by atoms with Crippen molar-refractivity contribution in [3.05, 3.63) is 120 Å². The molecule has 3 atom stereocenters. The van der Waals surface area contributed by atoms with Gasteiger partial charge in [-0.05, 0) is 65.5 Å². The molecule has 0 spiro atoms. The molecule has 0 aliphatic carbocycles. The average Bonchev–Trinajstić information content (AvgIpc) is 3.18. The Morgan fingerprint density at radius 2 is 0.981 bits per heavy atom. The molecule has 0 saturated heterocycles. The van der Waals surface area contributed by atoms with Gasteiger partial charge in [0.1, 0.15) is 12.1 Å². The largest absolute Gasteiger partial charge is 0.370 e. The highest BCUT2D eigenvalue weighted by atomic mass is 16.2. The van der Waals surface area contributed by atoms with E-state index in [1.54, 1.807) is 0 Å². The maximum Gasteiger partial charge on any atom is 0.243 e. The lowest BCUT2D eigenvalue weighted by Gasteiger charge is -2.24. The summed E-state index contributed by atoms with van der Waals surface area (Å²) in [5, 5.41) is 8.64. The fourth-order valence-electron chi connectivity index (χ4n) is 5.82. The van der Waals surface area contributed by atoms with Crippen LogP contribution in [-0.2, 0) is 27.2 Å². The quantitative estimate of drug-likeness (QED) is 0.0380. The Kier molecular flexibility index (Phi) is 16.0. The molecule has 0 unspecified atom stereocenters. The number of carbonyl (C=O) groups excluding carboxylic acids is 3. The molecule has 13 nitrogen and oxygen atoms in total. The number of benzene rings is 4. The first-order chi connectivity index (χ1) is 26.1. The molecule has 0 aliphatic rings. The van der Waals surface area contributed by atoms with Gasteiger partial charge in [-0.2, -0.15) is 0 Å².